The summed E-state index contributed by atoms with van der Waals surface area (Å²) in [5.41, 5.74) is -0.337. The molecule has 1 aliphatic carbocycles. The number of ether oxygens (including phenoxy) is 1. The predicted octanol–water partition coefficient (Wildman–Crippen LogP) is 4.44. The molecule has 0 aliphatic heterocycles. The highest BCUT2D eigenvalue weighted by atomic mass is 28.4. The van der Waals surface area contributed by atoms with Gasteiger partial charge in [0.15, 0.2) is 8.32 Å². The first-order valence-corrected chi connectivity index (χ1v) is 12.1. The highest BCUT2D eigenvalue weighted by Gasteiger charge is 2.52. The molecule has 5 heteroatoms. The van der Waals surface area contributed by atoms with Crippen LogP contribution >= 0.6 is 0 Å². The zero-order valence-corrected chi connectivity index (χ0v) is 17.6. The van der Waals surface area contributed by atoms with Crippen LogP contribution in [0.25, 0.3) is 0 Å². The molecule has 0 aromatic heterocycles. The van der Waals surface area contributed by atoms with E-state index in [1.807, 2.05) is 20.8 Å². The van der Waals surface area contributed by atoms with Crippen LogP contribution in [0.5, 0.6) is 0 Å². The fourth-order valence-corrected chi connectivity index (χ4v) is 7.14. The summed E-state index contributed by atoms with van der Waals surface area (Å²) in [4.78, 5) is 25.1. The third-order valence-corrected chi connectivity index (χ3v) is 10.8. The Hall–Kier alpha value is -0.683. The van der Waals surface area contributed by atoms with Crippen LogP contribution in [-0.4, -0.2) is 33.3 Å². The molecule has 0 bridgehead atoms. The van der Waals surface area contributed by atoms with Crippen molar-refractivity contribution in [3.63, 3.8) is 0 Å². The van der Waals surface area contributed by atoms with Gasteiger partial charge in [-0.1, -0.05) is 41.5 Å². The van der Waals surface area contributed by atoms with Gasteiger partial charge in [0.25, 0.3) is 0 Å². The maximum Gasteiger partial charge on any atom is 0.310 e. The molecule has 0 radical (unpaired) electrons. The van der Waals surface area contributed by atoms with Crippen LogP contribution < -0.4 is 0 Å². The molecule has 1 fully saturated rings. The second-order valence-corrected chi connectivity index (χ2v) is 12.5. The third kappa shape index (κ3) is 4.28. The summed E-state index contributed by atoms with van der Waals surface area (Å²) < 4.78 is 11.8. The lowest BCUT2D eigenvalue weighted by Crippen LogP contribution is -2.52. The molecule has 4 atom stereocenters. The van der Waals surface area contributed by atoms with Crippen molar-refractivity contribution in [2.45, 2.75) is 73.0 Å². The Morgan fingerprint density at radius 3 is 2.17 bits per heavy atom. The molecule has 0 unspecified atom stereocenters. The lowest BCUT2D eigenvalue weighted by molar-refractivity contribution is -0.165. The summed E-state index contributed by atoms with van der Waals surface area (Å²) in [7, 11) is -1.73. The van der Waals surface area contributed by atoms with E-state index in [0.717, 1.165) is 18.1 Å². The van der Waals surface area contributed by atoms with Gasteiger partial charge >= 0.3 is 5.97 Å². The third-order valence-electron chi connectivity index (χ3n) is 6.14. The van der Waals surface area contributed by atoms with Crippen LogP contribution in [-0.2, 0) is 18.8 Å². The molecule has 0 heterocycles. The van der Waals surface area contributed by atoms with E-state index in [9.17, 15) is 9.59 Å². The zero-order valence-electron chi connectivity index (χ0n) is 16.6. The van der Waals surface area contributed by atoms with Crippen molar-refractivity contribution in [2.75, 3.05) is 13.2 Å². The molecule has 0 aromatic rings. The zero-order chi connectivity index (χ0) is 18.5. The van der Waals surface area contributed by atoms with Gasteiger partial charge < -0.3 is 9.16 Å². The minimum absolute atomic E-state index is 0.0276. The predicted molar refractivity (Wildman–Crippen MR) is 99.3 cm³/mol. The molecule has 0 aromatic carbocycles. The number of hydrogen-bond donors (Lipinski definition) is 0. The van der Waals surface area contributed by atoms with Gasteiger partial charge in [-0.25, -0.2) is 0 Å². The first-order valence-electron chi connectivity index (χ1n) is 9.54. The Morgan fingerprint density at radius 2 is 1.71 bits per heavy atom. The van der Waals surface area contributed by atoms with Crippen LogP contribution in [0.3, 0.4) is 0 Å². The molecule has 1 aliphatic rings. The van der Waals surface area contributed by atoms with Gasteiger partial charge in [0.05, 0.1) is 12.5 Å². The summed E-state index contributed by atoms with van der Waals surface area (Å²) in [5, 5.41) is 0. The Morgan fingerprint density at radius 1 is 1.17 bits per heavy atom. The van der Waals surface area contributed by atoms with Crippen molar-refractivity contribution in [3.8, 4) is 0 Å². The fourth-order valence-electron chi connectivity index (χ4n) is 4.39. The molecule has 0 spiro atoms. The molecule has 0 amide bonds. The van der Waals surface area contributed by atoms with E-state index in [-0.39, 0.29) is 29.0 Å². The van der Waals surface area contributed by atoms with Crippen LogP contribution in [0.4, 0.5) is 0 Å². The largest absolute Gasteiger partial charge is 0.466 e. The van der Waals surface area contributed by atoms with E-state index < -0.39 is 14.2 Å². The molecular formula is C19H36O4Si. The van der Waals surface area contributed by atoms with Crippen LogP contribution in [0.15, 0.2) is 0 Å². The highest BCUT2D eigenvalue weighted by molar-refractivity contribution is 6.73. The van der Waals surface area contributed by atoms with Crippen molar-refractivity contribution in [3.05, 3.63) is 0 Å². The number of carbonyl (C=O) groups is 2. The summed E-state index contributed by atoms with van der Waals surface area (Å²) in [5.74, 6) is -0.801. The molecule has 1 saturated carbocycles. The topological polar surface area (TPSA) is 52.6 Å². The maximum atomic E-state index is 12.6. The van der Waals surface area contributed by atoms with Gasteiger partial charge in [0.2, 0.25) is 0 Å². The van der Waals surface area contributed by atoms with Crippen molar-refractivity contribution < 1.29 is 18.8 Å². The molecule has 4 nitrogen and oxygen atoms in total. The van der Waals surface area contributed by atoms with E-state index in [1.165, 1.54) is 0 Å². The molecule has 24 heavy (non-hydrogen) atoms. The van der Waals surface area contributed by atoms with E-state index in [2.05, 4.69) is 27.7 Å². The number of esters is 1. The number of Topliss-reactive ketones (excluding diaryl/α,β-unsaturated/α-hetero) is 1. The first-order chi connectivity index (χ1) is 11.2. The van der Waals surface area contributed by atoms with E-state index in [0.29, 0.717) is 19.6 Å². The molecule has 140 valence electrons. The van der Waals surface area contributed by atoms with Gasteiger partial charge in [0, 0.05) is 23.9 Å². The first kappa shape index (κ1) is 21.4. The highest BCUT2D eigenvalue weighted by Crippen LogP contribution is 2.46. The second-order valence-electron chi connectivity index (χ2n) is 7.71. The monoisotopic (exact) mass is 356 g/mol. The quantitative estimate of drug-likeness (QED) is 0.476. The number of carbonyl (C=O) groups excluding carboxylic acids is 2. The minimum Gasteiger partial charge on any atom is -0.466 e. The van der Waals surface area contributed by atoms with E-state index >= 15 is 0 Å². The number of hydrogen-bond acceptors (Lipinski definition) is 4. The Labute approximate surface area is 148 Å². The molecule has 0 N–H and O–H groups in total. The van der Waals surface area contributed by atoms with Gasteiger partial charge in [-0.3, -0.25) is 9.59 Å². The summed E-state index contributed by atoms with van der Waals surface area (Å²) in [6, 6.07) is 3.26. The van der Waals surface area contributed by atoms with Crippen molar-refractivity contribution in [1.82, 2.24) is 0 Å². The Bertz CT molecular complexity index is 438. The SMILES string of the molecule is CCOC(=O)[C@@H]1[C@@H](C)C(=O)[C@@H](C)C[C@@]1(C)CO[Si](CC)(CC)CC. The lowest BCUT2D eigenvalue weighted by Gasteiger charge is -2.46. The van der Waals surface area contributed by atoms with Crippen molar-refractivity contribution in [1.29, 1.82) is 0 Å². The number of rotatable bonds is 8. The fraction of sp³-hybridized carbons (Fsp3) is 0.895. The Balaban J connectivity index is 3.07. The van der Waals surface area contributed by atoms with E-state index in [4.69, 9.17) is 9.16 Å². The van der Waals surface area contributed by atoms with Crippen LogP contribution in [0.2, 0.25) is 18.1 Å². The average molecular weight is 357 g/mol. The van der Waals surface area contributed by atoms with Gasteiger partial charge in [-0.2, -0.15) is 0 Å². The Kier molecular flexibility index (Phi) is 7.66. The van der Waals surface area contributed by atoms with E-state index in [1.54, 1.807) is 0 Å². The summed E-state index contributed by atoms with van der Waals surface area (Å²) in [6.45, 7) is 15.3. The van der Waals surface area contributed by atoms with Crippen molar-refractivity contribution in [2.24, 2.45) is 23.2 Å². The maximum absolute atomic E-state index is 12.6. The normalized spacial score (nSPS) is 31.1. The summed E-state index contributed by atoms with van der Waals surface area (Å²) in [6.07, 6.45) is 0.696. The van der Waals surface area contributed by atoms with Crippen LogP contribution in [0.1, 0.15) is 54.9 Å². The second kappa shape index (κ2) is 8.61. The molecule has 1 rings (SSSR count). The lowest BCUT2D eigenvalue weighted by atomic mass is 9.60. The van der Waals surface area contributed by atoms with Gasteiger partial charge in [-0.15, -0.1) is 0 Å². The minimum atomic E-state index is -1.73. The van der Waals surface area contributed by atoms with Gasteiger partial charge in [-0.05, 0) is 31.5 Å². The van der Waals surface area contributed by atoms with Crippen molar-refractivity contribution >= 4 is 20.1 Å². The van der Waals surface area contributed by atoms with Crippen LogP contribution in [0, 0.1) is 23.2 Å². The summed E-state index contributed by atoms with van der Waals surface area (Å²) >= 11 is 0. The van der Waals surface area contributed by atoms with Gasteiger partial charge in [0.1, 0.15) is 5.78 Å². The molecule has 0 saturated heterocycles. The standard InChI is InChI=1S/C19H36O4Si/c1-8-22-18(21)16-15(6)17(20)14(5)12-19(16,7)13-23-24(9-2,10-3)11-4/h14-16H,8-13H2,1-7H3/t14-,15+,16-,19-/m0/s1. The average Bonchev–Trinajstić information content (AvgIpc) is 2.55. The number of ketones is 1. The molecular weight excluding hydrogens is 320 g/mol. The smallest absolute Gasteiger partial charge is 0.310 e.